The summed E-state index contributed by atoms with van der Waals surface area (Å²) in [6.45, 7) is 6.06. The highest BCUT2D eigenvalue weighted by Gasteiger charge is 2.21. The predicted molar refractivity (Wildman–Crippen MR) is 108 cm³/mol. The maximum Gasteiger partial charge on any atom is 0.321 e. The van der Waals surface area contributed by atoms with E-state index in [-0.39, 0.29) is 5.91 Å². The molecule has 0 fully saturated rings. The van der Waals surface area contributed by atoms with E-state index in [1.807, 2.05) is 60.0 Å². The molecule has 1 aromatic heterocycles. The number of fused-ring (bicyclic) bond motifs is 1. The van der Waals surface area contributed by atoms with Gasteiger partial charge in [-0.1, -0.05) is 41.6 Å². The van der Waals surface area contributed by atoms with Gasteiger partial charge in [0.1, 0.15) is 0 Å². The number of aryl methyl sites for hydroxylation is 1. The zero-order valence-corrected chi connectivity index (χ0v) is 16.3. The van der Waals surface area contributed by atoms with Crippen molar-refractivity contribution >= 4 is 34.7 Å². The summed E-state index contributed by atoms with van der Waals surface area (Å²) in [4.78, 5) is 28.6. The lowest BCUT2D eigenvalue weighted by Crippen LogP contribution is -2.42. The van der Waals surface area contributed by atoms with Crippen LogP contribution in [0.4, 0.5) is 4.79 Å². The van der Waals surface area contributed by atoms with Crippen LogP contribution in [-0.2, 0) is 4.79 Å². The molecular weight excluding hydrogens is 360 g/mol. The minimum absolute atomic E-state index is 0.353. The predicted octanol–water partition coefficient (Wildman–Crippen LogP) is 3.66. The summed E-state index contributed by atoms with van der Waals surface area (Å²) in [5, 5.41) is 5.14. The van der Waals surface area contributed by atoms with Crippen LogP contribution in [0.25, 0.3) is 16.7 Å². The number of hydrogen-bond acceptors (Lipinski definition) is 4. The number of thioether (sulfide) groups is 1. The number of amides is 3. The quantitative estimate of drug-likeness (QED) is 0.660. The summed E-state index contributed by atoms with van der Waals surface area (Å²) < 4.78 is 2.04. The second-order valence-corrected chi connectivity index (χ2v) is 7.47. The van der Waals surface area contributed by atoms with Crippen LogP contribution in [0.15, 0.2) is 53.7 Å². The SMILES string of the molecule is CCNC(=O)NC(=O)C(C)Sc1nc2ccccc2n1-c1ccc(C)cc1. The van der Waals surface area contributed by atoms with Crippen molar-refractivity contribution in [1.82, 2.24) is 20.2 Å². The van der Waals surface area contributed by atoms with E-state index < -0.39 is 11.3 Å². The number of carbonyl (C=O) groups excluding carboxylic acids is 2. The van der Waals surface area contributed by atoms with E-state index in [0.29, 0.717) is 11.7 Å². The van der Waals surface area contributed by atoms with Gasteiger partial charge >= 0.3 is 6.03 Å². The number of benzene rings is 2. The molecule has 0 spiro atoms. The average Bonchev–Trinajstić information content (AvgIpc) is 3.00. The standard InChI is InChI=1S/C20H22N4O2S/c1-4-21-19(26)23-18(25)14(3)27-20-22-16-7-5-6-8-17(16)24(20)15-11-9-13(2)10-12-15/h5-12,14H,4H2,1-3H3,(H2,21,23,25,26). The molecule has 3 aromatic rings. The number of nitrogens with one attached hydrogen (secondary N) is 2. The normalized spacial score (nSPS) is 12.0. The molecule has 0 saturated heterocycles. The minimum Gasteiger partial charge on any atom is -0.338 e. The number of imide groups is 1. The fourth-order valence-electron chi connectivity index (χ4n) is 2.66. The number of para-hydroxylation sites is 2. The van der Waals surface area contributed by atoms with Gasteiger partial charge in [0.15, 0.2) is 5.16 Å². The van der Waals surface area contributed by atoms with Gasteiger partial charge in [-0.05, 0) is 45.0 Å². The number of rotatable bonds is 5. The molecule has 2 aromatic carbocycles. The van der Waals surface area contributed by atoms with Crippen molar-refractivity contribution in [3.8, 4) is 5.69 Å². The molecule has 1 heterocycles. The number of aromatic nitrogens is 2. The van der Waals surface area contributed by atoms with Gasteiger partial charge in [-0.25, -0.2) is 9.78 Å². The van der Waals surface area contributed by atoms with Crippen LogP contribution in [0.3, 0.4) is 0 Å². The van der Waals surface area contributed by atoms with Gasteiger partial charge in [-0.15, -0.1) is 0 Å². The molecule has 2 N–H and O–H groups in total. The van der Waals surface area contributed by atoms with E-state index in [9.17, 15) is 9.59 Å². The Kier molecular flexibility index (Phi) is 5.81. The first kappa shape index (κ1) is 19.0. The molecular formula is C20H22N4O2S. The molecule has 140 valence electrons. The average molecular weight is 382 g/mol. The first-order chi connectivity index (χ1) is 13.0. The van der Waals surface area contributed by atoms with Gasteiger partial charge in [0.05, 0.1) is 16.3 Å². The summed E-state index contributed by atoms with van der Waals surface area (Å²) in [5.74, 6) is -0.353. The van der Waals surface area contributed by atoms with Crippen LogP contribution < -0.4 is 10.6 Å². The number of imidazole rings is 1. The number of hydrogen-bond donors (Lipinski definition) is 2. The van der Waals surface area contributed by atoms with Crippen molar-refractivity contribution in [3.63, 3.8) is 0 Å². The van der Waals surface area contributed by atoms with Crippen LogP contribution in [-0.4, -0.2) is 33.3 Å². The van der Waals surface area contributed by atoms with Crippen LogP contribution in [0.5, 0.6) is 0 Å². The molecule has 27 heavy (non-hydrogen) atoms. The van der Waals surface area contributed by atoms with Crippen LogP contribution >= 0.6 is 11.8 Å². The maximum absolute atomic E-state index is 12.3. The summed E-state index contributed by atoms with van der Waals surface area (Å²) in [5.41, 5.74) is 3.98. The Bertz CT molecular complexity index is 966. The second-order valence-electron chi connectivity index (χ2n) is 6.16. The fourth-order valence-corrected chi connectivity index (χ4v) is 3.60. The first-order valence-electron chi connectivity index (χ1n) is 8.79. The Balaban J connectivity index is 1.92. The van der Waals surface area contributed by atoms with Gasteiger partial charge < -0.3 is 5.32 Å². The van der Waals surface area contributed by atoms with Crippen LogP contribution in [0.2, 0.25) is 0 Å². The third-order valence-electron chi connectivity index (χ3n) is 4.05. The molecule has 0 aliphatic rings. The lowest BCUT2D eigenvalue weighted by atomic mass is 10.2. The van der Waals surface area contributed by atoms with E-state index in [2.05, 4.69) is 10.6 Å². The topological polar surface area (TPSA) is 76.0 Å². The van der Waals surface area contributed by atoms with Gasteiger partial charge in [-0.2, -0.15) is 0 Å². The Morgan fingerprint density at radius 2 is 1.85 bits per heavy atom. The highest BCUT2D eigenvalue weighted by molar-refractivity contribution is 8.00. The molecule has 7 heteroatoms. The van der Waals surface area contributed by atoms with Gasteiger partial charge in [0, 0.05) is 12.2 Å². The largest absolute Gasteiger partial charge is 0.338 e. The monoisotopic (exact) mass is 382 g/mol. The minimum atomic E-state index is -0.484. The summed E-state index contributed by atoms with van der Waals surface area (Å²) in [7, 11) is 0. The Morgan fingerprint density at radius 3 is 2.56 bits per heavy atom. The molecule has 1 unspecified atom stereocenters. The number of carbonyl (C=O) groups is 2. The molecule has 0 bridgehead atoms. The van der Waals surface area contributed by atoms with Crippen molar-refractivity contribution in [3.05, 3.63) is 54.1 Å². The van der Waals surface area contributed by atoms with Crippen LogP contribution in [0, 0.1) is 6.92 Å². The molecule has 0 radical (unpaired) electrons. The summed E-state index contributed by atoms with van der Waals surface area (Å²) in [6, 6.07) is 15.5. The molecule has 0 saturated carbocycles. The van der Waals surface area contributed by atoms with E-state index in [4.69, 9.17) is 4.98 Å². The van der Waals surface area contributed by atoms with Crippen molar-refractivity contribution < 1.29 is 9.59 Å². The van der Waals surface area contributed by atoms with Gasteiger partial charge in [0.2, 0.25) is 5.91 Å². The lowest BCUT2D eigenvalue weighted by molar-refractivity contribution is -0.119. The van der Waals surface area contributed by atoms with Crippen molar-refractivity contribution in [2.24, 2.45) is 0 Å². The van der Waals surface area contributed by atoms with E-state index in [1.54, 1.807) is 13.8 Å². The number of nitrogens with zero attached hydrogens (tertiary/aromatic N) is 2. The summed E-state index contributed by atoms with van der Waals surface area (Å²) >= 11 is 1.32. The second kappa shape index (κ2) is 8.26. The lowest BCUT2D eigenvalue weighted by Gasteiger charge is -2.13. The molecule has 0 aliphatic heterocycles. The molecule has 0 aliphatic carbocycles. The maximum atomic E-state index is 12.3. The third kappa shape index (κ3) is 4.31. The Labute approximate surface area is 162 Å². The zero-order chi connectivity index (χ0) is 19.4. The first-order valence-corrected chi connectivity index (χ1v) is 9.67. The highest BCUT2D eigenvalue weighted by atomic mass is 32.2. The van der Waals surface area contributed by atoms with E-state index in [0.717, 1.165) is 16.7 Å². The van der Waals surface area contributed by atoms with E-state index >= 15 is 0 Å². The molecule has 3 amide bonds. The van der Waals surface area contributed by atoms with E-state index in [1.165, 1.54) is 17.3 Å². The zero-order valence-electron chi connectivity index (χ0n) is 15.5. The highest BCUT2D eigenvalue weighted by Crippen LogP contribution is 2.30. The molecule has 3 rings (SSSR count). The van der Waals surface area contributed by atoms with Crippen molar-refractivity contribution in [1.29, 1.82) is 0 Å². The smallest absolute Gasteiger partial charge is 0.321 e. The molecule has 1 atom stereocenters. The van der Waals surface area contributed by atoms with Crippen molar-refractivity contribution in [2.75, 3.05) is 6.54 Å². The summed E-state index contributed by atoms with van der Waals surface area (Å²) in [6.07, 6.45) is 0. The Hall–Kier alpha value is -2.80. The van der Waals surface area contributed by atoms with Gasteiger partial charge in [-0.3, -0.25) is 14.7 Å². The van der Waals surface area contributed by atoms with Crippen molar-refractivity contribution in [2.45, 2.75) is 31.2 Å². The molecule has 6 nitrogen and oxygen atoms in total. The fraction of sp³-hybridized carbons (Fsp3) is 0.250. The Morgan fingerprint density at radius 1 is 1.15 bits per heavy atom. The van der Waals surface area contributed by atoms with Crippen LogP contribution in [0.1, 0.15) is 19.4 Å². The third-order valence-corrected chi connectivity index (χ3v) is 5.10. The number of urea groups is 1. The van der Waals surface area contributed by atoms with Gasteiger partial charge in [0.25, 0.3) is 0 Å².